The molecule has 0 aromatic heterocycles. The van der Waals surface area contributed by atoms with Gasteiger partial charge >= 0.3 is 0 Å². The Morgan fingerprint density at radius 3 is 2.56 bits per heavy atom. The van der Waals surface area contributed by atoms with Gasteiger partial charge in [-0.3, -0.25) is 0 Å². The van der Waals surface area contributed by atoms with E-state index in [9.17, 15) is 13.9 Å². The topological polar surface area (TPSA) is 55.5 Å². The summed E-state index contributed by atoms with van der Waals surface area (Å²) in [4.78, 5) is 0. The number of hydrogen-bond donors (Lipinski definition) is 2. The van der Waals surface area contributed by atoms with Crippen LogP contribution in [-0.4, -0.2) is 11.7 Å². The van der Waals surface area contributed by atoms with Crippen LogP contribution in [0.1, 0.15) is 18.1 Å². The van der Waals surface area contributed by atoms with Gasteiger partial charge in [0.25, 0.3) is 5.92 Å². The molecule has 132 valence electrons. The summed E-state index contributed by atoms with van der Waals surface area (Å²) in [5, 5.41) is 9.25. The average Bonchev–Trinajstić information content (AvgIpc) is 2.53. The van der Waals surface area contributed by atoms with E-state index in [4.69, 9.17) is 10.5 Å². The van der Waals surface area contributed by atoms with E-state index in [1.54, 1.807) is 25.1 Å². The Bertz CT molecular complexity index is 813. The second kappa shape index (κ2) is 7.38. The zero-order valence-electron chi connectivity index (χ0n) is 14.2. The molecule has 3 N–H and O–H groups in total. The van der Waals surface area contributed by atoms with E-state index < -0.39 is 5.92 Å². The summed E-state index contributed by atoms with van der Waals surface area (Å²) in [7, 11) is 0. The summed E-state index contributed by atoms with van der Waals surface area (Å²) in [5.74, 6) is -2.86. The highest BCUT2D eigenvalue weighted by Gasteiger charge is 2.29. The number of hydrogen-bond acceptors (Lipinski definition) is 3. The Hall–Kier alpha value is -2.82. The van der Waals surface area contributed by atoms with Crippen molar-refractivity contribution in [3.8, 4) is 16.9 Å². The predicted molar refractivity (Wildman–Crippen MR) is 97.0 cm³/mol. The maximum atomic E-state index is 14.3. The first-order valence-corrected chi connectivity index (χ1v) is 7.77. The van der Waals surface area contributed by atoms with Gasteiger partial charge in [0.2, 0.25) is 0 Å². The second-order valence-corrected chi connectivity index (χ2v) is 5.76. The molecule has 0 amide bonds. The van der Waals surface area contributed by atoms with E-state index in [1.165, 1.54) is 24.3 Å². The summed E-state index contributed by atoms with van der Waals surface area (Å²) in [6.45, 7) is 6.64. The molecule has 0 fully saturated rings. The van der Waals surface area contributed by atoms with E-state index in [0.717, 1.165) is 17.2 Å². The van der Waals surface area contributed by atoms with E-state index in [2.05, 4.69) is 6.58 Å². The van der Waals surface area contributed by atoms with Crippen LogP contribution in [0, 0.1) is 6.92 Å². The smallest absolute Gasteiger partial charge is 0.291 e. The molecule has 0 aliphatic carbocycles. The van der Waals surface area contributed by atoms with Crippen molar-refractivity contribution < 1.29 is 18.6 Å². The molecule has 2 aromatic carbocycles. The van der Waals surface area contributed by atoms with Crippen molar-refractivity contribution >= 4 is 5.69 Å². The molecular formula is C20H21F2NO2. The summed E-state index contributed by atoms with van der Waals surface area (Å²) in [6, 6.07) is 9.41. The number of aliphatic hydroxyl groups excluding tert-OH is 1. The fourth-order valence-corrected chi connectivity index (χ4v) is 2.53. The molecule has 0 saturated carbocycles. The number of nitrogens with two attached hydrogens (primary N) is 1. The van der Waals surface area contributed by atoms with E-state index in [1.807, 2.05) is 6.92 Å². The van der Waals surface area contributed by atoms with Gasteiger partial charge in [-0.1, -0.05) is 18.7 Å². The number of rotatable bonds is 6. The highest BCUT2D eigenvalue weighted by Crippen LogP contribution is 2.39. The molecule has 2 rings (SSSR count). The molecule has 2 aromatic rings. The summed E-state index contributed by atoms with van der Waals surface area (Å²) < 4.78 is 34.0. The highest BCUT2D eigenvalue weighted by molar-refractivity contribution is 5.75. The zero-order chi connectivity index (χ0) is 18.6. The van der Waals surface area contributed by atoms with Crippen LogP contribution >= 0.6 is 0 Å². The predicted octanol–water partition coefficient (Wildman–Crippen LogP) is 5.36. The lowest BCUT2D eigenvalue weighted by atomic mass is 9.95. The fraction of sp³-hybridized carbons (Fsp3) is 0.200. The van der Waals surface area contributed by atoms with Crippen LogP contribution in [0.15, 0.2) is 60.9 Å². The average molecular weight is 345 g/mol. The highest BCUT2D eigenvalue weighted by atomic mass is 19.3. The van der Waals surface area contributed by atoms with Crippen molar-refractivity contribution in [1.29, 1.82) is 0 Å². The maximum Gasteiger partial charge on any atom is 0.291 e. The summed E-state index contributed by atoms with van der Waals surface area (Å²) >= 11 is 0. The largest absolute Gasteiger partial charge is 0.509 e. The zero-order valence-corrected chi connectivity index (χ0v) is 14.2. The standard InChI is InChI=1S/C20H21F2NO2/c1-4-9-20(21,22)15-5-8-19(25-12-14(3)24)18(11-15)17-7-6-16(23)10-13(17)2/h4-11,24H,3,12,23H2,1-2H3/b9-4+. The van der Waals surface area contributed by atoms with Gasteiger partial charge in [-0.05, 0) is 61.4 Å². The Morgan fingerprint density at radius 1 is 1.24 bits per heavy atom. The number of aliphatic hydroxyl groups is 1. The molecule has 3 nitrogen and oxygen atoms in total. The van der Waals surface area contributed by atoms with Crippen LogP contribution in [-0.2, 0) is 5.92 Å². The monoisotopic (exact) mass is 345 g/mol. The van der Waals surface area contributed by atoms with Crippen molar-refractivity contribution in [3.63, 3.8) is 0 Å². The van der Waals surface area contributed by atoms with Crippen molar-refractivity contribution in [2.24, 2.45) is 0 Å². The van der Waals surface area contributed by atoms with E-state index in [-0.39, 0.29) is 17.9 Å². The molecule has 5 heteroatoms. The number of aryl methyl sites for hydroxylation is 1. The number of allylic oxidation sites excluding steroid dienone is 2. The first-order chi connectivity index (χ1) is 11.7. The molecule has 0 radical (unpaired) electrons. The molecule has 0 unspecified atom stereocenters. The van der Waals surface area contributed by atoms with Gasteiger partial charge in [-0.2, -0.15) is 8.78 Å². The van der Waals surface area contributed by atoms with Crippen LogP contribution in [0.4, 0.5) is 14.5 Å². The van der Waals surface area contributed by atoms with E-state index in [0.29, 0.717) is 17.0 Å². The lowest BCUT2D eigenvalue weighted by molar-refractivity contribution is 0.0520. The van der Waals surface area contributed by atoms with Crippen molar-refractivity contribution in [2.45, 2.75) is 19.8 Å². The van der Waals surface area contributed by atoms with Gasteiger partial charge in [0.1, 0.15) is 18.1 Å². The van der Waals surface area contributed by atoms with Gasteiger partial charge in [0.05, 0.1) is 0 Å². The Labute approximate surface area is 146 Å². The molecule has 0 atom stereocenters. The first kappa shape index (κ1) is 18.5. The molecule has 0 aliphatic rings. The molecule has 0 aliphatic heterocycles. The minimum Gasteiger partial charge on any atom is -0.509 e. The molecule has 25 heavy (non-hydrogen) atoms. The normalized spacial score (nSPS) is 11.7. The lowest BCUT2D eigenvalue weighted by Crippen LogP contribution is -2.10. The Morgan fingerprint density at radius 2 is 1.96 bits per heavy atom. The van der Waals surface area contributed by atoms with Crippen LogP contribution in [0.2, 0.25) is 0 Å². The third-order valence-corrected chi connectivity index (χ3v) is 3.68. The van der Waals surface area contributed by atoms with Crippen molar-refractivity contribution in [3.05, 3.63) is 72.0 Å². The van der Waals surface area contributed by atoms with Gasteiger partial charge in [-0.15, -0.1) is 0 Å². The number of halogens is 2. The molecule has 0 bridgehead atoms. The van der Waals surface area contributed by atoms with Crippen LogP contribution in [0.25, 0.3) is 11.1 Å². The quantitative estimate of drug-likeness (QED) is 0.421. The molecule has 0 spiro atoms. The number of anilines is 1. The van der Waals surface area contributed by atoms with Crippen LogP contribution < -0.4 is 10.5 Å². The number of benzene rings is 2. The number of ether oxygens (including phenoxy) is 1. The first-order valence-electron chi connectivity index (χ1n) is 7.77. The van der Waals surface area contributed by atoms with Crippen LogP contribution in [0.5, 0.6) is 5.75 Å². The van der Waals surface area contributed by atoms with Gasteiger partial charge in [-0.25, -0.2) is 0 Å². The van der Waals surface area contributed by atoms with E-state index >= 15 is 0 Å². The SMILES string of the molecule is C=C(O)COc1ccc(C(F)(F)/C=C/C)cc1-c1ccc(N)cc1C. The minimum absolute atomic E-state index is 0.119. The maximum absolute atomic E-state index is 14.3. The van der Waals surface area contributed by atoms with Gasteiger partial charge < -0.3 is 15.6 Å². The fourth-order valence-electron chi connectivity index (χ4n) is 2.53. The molecule has 0 heterocycles. The van der Waals surface area contributed by atoms with Crippen molar-refractivity contribution in [2.75, 3.05) is 12.3 Å². The number of alkyl halides is 2. The molecule has 0 saturated heterocycles. The summed E-state index contributed by atoms with van der Waals surface area (Å²) in [5.41, 5.74) is 8.28. The van der Waals surface area contributed by atoms with Gasteiger partial charge in [0.15, 0.2) is 0 Å². The summed E-state index contributed by atoms with van der Waals surface area (Å²) in [6.07, 6.45) is 2.16. The minimum atomic E-state index is -3.09. The number of nitrogen functional groups attached to an aromatic ring is 1. The Kier molecular flexibility index (Phi) is 5.47. The van der Waals surface area contributed by atoms with Gasteiger partial charge in [0, 0.05) is 16.8 Å². The Balaban J connectivity index is 2.60. The molecular weight excluding hydrogens is 324 g/mol. The van der Waals surface area contributed by atoms with Crippen molar-refractivity contribution in [1.82, 2.24) is 0 Å². The second-order valence-electron chi connectivity index (χ2n) is 5.76. The third kappa shape index (κ3) is 4.38. The van der Waals surface area contributed by atoms with Crippen LogP contribution in [0.3, 0.4) is 0 Å². The lowest BCUT2D eigenvalue weighted by Gasteiger charge is -2.18. The third-order valence-electron chi connectivity index (χ3n) is 3.68.